The molecule has 19 heavy (non-hydrogen) atoms. The molecule has 0 aromatic carbocycles. The number of carbonyl (C=O) groups excluding carboxylic acids is 2. The van der Waals surface area contributed by atoms with Gasteiger partial charge in [-0.2, -0.15) is 11.8 Å². The Morgan fingerprint density at radius 1 is 1.63 bits per heavy atom. The van der Waals surface area contributed by atoms with Gasteiger partial charge < -0.3 is 15.7 Å². The van der Waals surface area contributed by atoms with Crippen LogP contribution in [0.15, 0.2) is 5.38 Å². The summed E-state index contributed by atoms with van der Waals surface area (Å²) in [5, 5.41) is 15.9. The molecule has 1 atom stereocenters. The Morgan fingerprint density at radius 3 is 2.95 bits per heavy atom. The van der Waals surface area contributed by atoms with Crippen LogP contribution in [0, 0.1) is 0 Å². The van der Waals surface area contributed by atoms with Crippen molar-refractivity contribution >= 4 is 46.5 Å². The smallest absolute Gasteiger partial charge is 0.327 e. The van der Waals surface area contributed by atoms with Gasteiger partial charge in [-0.25, -0.2) is 9.78 Å². The molecule has 104 valence electrons. The second kappa shape index (κ2) is 7.74. The summed E-state index contributed by atoms with van der Waals surface area (Å²) < 4.78 is 0. The first-order valence-electron chi connectivity index (χ1n) is 5.25. The molecule has 0 bridgehead atoms. The summed E-state index contributed by atoms with van der Waals surface area (Å²) in [7, 11) is 0. The molecule has 0 saturated carbocycles. The fourth-order valence-corrected chi connectivity index (χ4v) is 2.95. The van der Waals surface area contributed by atoms with E-state index in [1.807, 2.05) is 0 Å². The Morgan fingerprint density at radius 2 is 2.37 bits per heavy atom. The number of nitrogens with one attached hydrogen (secondary N) is 2. The van der Waals surface area contributed by atoms with Crippen molar-refractivity contribution in [2.45, 2.75) is 18.7 Å². The van der Waals surface area contributed by atoms with E-state index in [0.29, 0.717) is 17.3 Å². The number of hydrogen-bond acceptors (Lipinski definition) is 6. The van der Waals surface area contributed by atoms with Crippen molar-refractivity contribution in [3.63, 3.8) is 0 Å². The molecule has 1 rings (SSSR count). The number of rotatable bonds is 8. The highest BCUT2D eigenvalue weighted by atomic mass is 32.2. The predicted octanol–water partition coefficient (Wildman–Crippen LogP) is 0.534. The summed E-state index contributed by atoms with van der Waals surface area (Å²) >= 11 is 2.65. The summed E-state index contributed by atoms with van der Waals surface area (Å²) in [6.07, 6.45) is 0.372. The van der Waals surface area contributed by atoms with Gasteiger partial charge in [0, 0.05) is 23.8 Å². The maximum absolute atomic E-state index is 10.8. The molecule has 0 aliphatic rings. The summed E-state index contributed by atoms with van der Waals surface area (Å²) in [6.45, 7) is 1.40. The number of thiazole rings is 1. The Labute approximate surface area is 117 Å². The first-order chi connectivity index (χ1) is 9.02. The molecular weight excluding hydrogens is 290 g/mol. The molecule has 0 fully saturated rings. The van der Waals surface area contributed by atoms with E-state index in [0.717, 1.165) is 5.69 Å². The van der Waals surface area contributed by atoms with E-state index >= 15 is 0 Å². The lowest BCUT2D eigenvalue weighted by Crippen LogP contribution is -2.37. The molecule has 0 spiro atoms. The second-order valence-electron chi connectivity index (χ2n) is 3.52. The first-order valence-corrected chi connectivity index (χ1v) is 7.28. The van der Waals surface area contributed by atoms with Crippen molar-refractivity contribution in [3.8, 4) is 0 Å². The van der Waals surface area contributed by atoms with Crippen LogP contribution in [0.2, 0.25) is 0 Å². The lowest BCUT2D eigenvalue weighted by molar-refractivity contribution is -0.139. The van der Waals surface area contributed by atoms with Crippen LogP contribution in [-0.4, -0.2) is 40.2 Å². The highest BCUT2D eigenvalue weighted by Crippen LogP contribution is 2.19. The van der Waals surface area contributed by atoms with Gasteiger partial charge >= 0.3 is 5.97 Å². The van der Waals surface area contributed by atoms with E-state index in [4.69, 9.17) is 5.11 Å². The average molecular weight is 303 g/mol. The summed E-state index contributed by atoms with van der Waals surface area (Å²) in [5.41, 5.74) is 0.758. The number of hydrogen-bond donors (Lipinski definition) is 3. The van der Waals surface area contributed by atoms with Gasteiger partial charge in [0.2, 0.25) is 12.3 Å². The van der Waals surface area contributed by atoms with Crippen molar-refractivity contribution < 1.29 is 19.5 Å². The zero-order valence-corrected chi connectivity index (χ0v) is 11.7. The van der Waals surface area contributed by atoms with E-state index < -0.39 is 12.0 Å². The van der Waals surface area contributed by atoms with E-state index in [-0.39, 0.29) is 11.7 Å². The number of amides is 2. The van der Waals surface area contributed by atoms with Gasteiger partial charge in [-0.3, -0.25) is 9.59 Å². The van der Waals surface area contributed by atoms with Crippen LogP contribution in [0.5, 0.6) is 0 Å². The monoisotopic (exact) mass is 303 g/mol. The topological polar surface area (TPSA) is 108 Å². The molecule has 3 N–H and O–H groups in total. The van der Waals surface area contributed by atoms with Crippen LogP contribution >= 0.6 is 23.1 Å². The Kier molecular flexibility index (Phi) is 6.30. The minimum atomic E-state index is -1.07. The fraction of sp³-hybridized carbons (Fsp3) is 0.400. The minimum Gasteiger partial charge on any atom is -0.480 e. The van der Waals surface area contributed by atoms with E-state index in [1.165, 1.54) is 30.0 Å². The van der Waals surface area contributed by atoms with Crippen molar-refractivity contribution in [3.05, 3.63) is 11.1 Å². The van der Waals surface area contributed by atoms with E-state index in [9.17, 15) is 14.4 Å². The standard InChI is InChI=1S/C10H13N3O4S2/c1-6(15)12-10-13-7(3-19-10)2-18-4-8(9(16)17)11-5-14/h3,5,8H,2,4H2,1H3,(H,11,14)(H,16,17)(H,12,13,15). The van der Waals surface area contributed by atoms with Gasteiger partial charge in [-0.15, -0.1) is 11.3 Å². The van der Waals surface area contributed by atoms with E-state index in [1.54, 1.807) is 5.38 Å². The SMILES string of the molecule is CC(=O)Nc1nc(CSCC(NC=O)C(=O)O)cs1. The molecule has 9 heteroatoms. The second-order valence-corrected chi connectivity index (χ2v) is 5.40. The zero-order valence-electron chi connectivity index (χ0n) is 10.1. The van der Waals surface area contributed by atoms with Crippen molar-refractivity contribution in [1.29, 1.82) is 0 Å². The van der Waals surface area contributed by atoms with Crippen LogP contribution in [0.3, 0.4) is 0 Å². The lowest BCUT2D eigenvalue weighted by atomic mass is 10.3. The molecule has 0 aliphatic carbocycles. The van der Waals surface area contributed by atoms with Crippen molar-refractivity contribution in [2.24, 2.45) is 0 Å². The van der Waals surface area contributed by atoms with Crippen LogP contribution in [0.25, 0.3) is 0 Å². The number of aliphatic carboxylic acids is 1. The molecule has 0 saturated heterocycles. The predicted molar refractivity (Wildman–Crippen MR) is 73.2 cm³/mol. The zero-order chi connectivity index (χ0) is 14.3. The molecule has 1 unspecified atom stereocenters. The third kappa shape index (κ3) is 5.71. The van der Waals surface area contributed by atoms with Crippen molar-refractivity contribution in [2.75, 3.05) is 11.1 Å². The Hall–Kier alpha value is -1.61. The molecule has 1 heterocycles. The number of thioether (sulfide) groups is 1. The van der Waals surface area contributed by atoms with Gasteiger partial charge in [0.25, 0.3) is 0 Å². The Bertz CT molecular complexity index is 463. The van der Waals surface area contributed by atoms with Gasteiger partial charge in [0.05, 0.1) is 5.69 Å². The summed E-state index contributed by atoms with van der Waals surface area (Å²) in [5.74, 6) is -0.493. The highest BCUT2D eigenvalue weighted by molar-refractivity contribution is 7.98. The molecular formula is C10H13N3O4S2. The quantitative estimate of drug-likeness (QED) is 0.605. The highest BCUT2D eigenvalue weighted by Gasteiger charge is 2.16. The molecule has 0 radical (unpaired) electrons. The lowest BCUT2D eigenvalue weighted by Gasteiger charge is -2.09. The van der Waals surface area contributed by atoms with Crippen LogP contribution in [-0.2, 0) is 20.1 Å². The van der Waals surface area contributed by atoms with Gasteiger partial charge in [-0.1, -0.05) is 0 Å². The van der Waals surface area contributed by atoms with E-state index in [2.05, 4.69) is 15.6 Å². The number of nitrogens with zero attached hydrogens (tertiary/aromatic N) is 1. The van der Waals surface area contributed by atoms with Gasteiger partial charge in [0.1, 0.15) is 6.04 Å². The summed E-state index contributed by atoms with van der Waals surface area (Å²) in [6, 6.07) is -0.907. The number of aromatic nitrogens is 1. The van der Waals surface area contributed by atoms with Crippen LogP contribution in [0.1, 0.15) is 12.6 Å². The Balaban J connectivity index is 2.39. The maximum atomic E-state index is 10.8. The van der Waals surface area contributed by atoms with Gasteiger partial charge in [-0.05, 0) is 0 Å². The number of carbonyl (C=O) groups is 3. The number of anilines is 1. The average Bonchev–Trinajstić information content (AvgIpc) is 2.74. The molecule has 1 aromatic heterocycles. The maximum Gasteiger partial charge on any atom is 0.327 e. The fourth-order valence-electron chi connectivity index (χ4n) is 1.14. The largest absolute Gasteiger partial charge is 0.480 e. The normalized spacial score (nSPS) is 11.6. The van der Waals surface area contributed by atoms with Crippen LogP contribution in [0.4, 0.5) is 5.13 Å². The van der Waals surface area contributed by atoms with Crippen molar-refractivity contribution in [1.82, 2.24) is 10.3 Å². The molecule has 0 aliphatic heterocycles. The minimum absolute atomic E-state index is 0.185. The number of carboxylic acid groups (broad SMARTS) is 1. The molecule has 2 amide bonds. The van der Waals surface area contributed by atoms with Gasteiger partial charge in [0.15, 0.2) is 5.13 Å². The third-order valence-corrected chi connectivity index (χ3v) is 3.81. The third-order valence-electron chi connectivity index (χ3n) is 1.94. The van der Waals surface area contributed by atoms with Crippen LogP contribution < -0.4 is 10.6 Å². The first kappa shape index (κ1) is 15.4. The molecule has 1 aromatic rings. The number of carboxylic acids is 1. The summed E-state index contributed by atoms with van der Waals surface area (Å²) in [4.78, 5) is 36.0. The molecule has 7 nitrogen and oxygen atoms in total.